The normalized spacial score (nSPS) is 17.0. The van der Waals surface area contributed by atoms with E-state index < -0.39 is 0 Å². The monoisotopic (exact) mass is 379 g/mol. The molecule has 0 radical (unpaired) electrons. The van der Waals surface area contributed by atoms with Gasteiger partial charge in [0.15, 0.2) is 0 Å². The van der Waals surface area contributed by atoms with Crippen molar-refractivity contribution in [2.75, 3.05) is 13.1 Å². The molecular weight excluding hydrogens is 357 g/mol. The van der Waals surface area contributed by atoms with Crippen LogP contribution in [0.4, 0.5) is 4.39 Å². The van der Waals surface area contributed by atoms with Crippen molar-refractivity contribution >= 4 is 5.91 Å². The van der Waals surface area contributed by atoms with Crippen molar-refractivity contribution in [3.8, 4) is 11.4 Å². The number of rotatable bonds is 3. The van der Waals surface area contributed by atoms with Crippen molar-refractivity contribution in [3.63, 3.8) is 0 Å². The summed E-state index contributed by atoms with van der Waals surface area (Å²) in [5.74, 6) is 0.538. The molecule has 0 aliphatic carbocycles. The van der Waals surface area contributed by atoms with E-state index in [2.05, 4.69) is 16.2 Å². The predicted octanol–water partition coefficient (Wildman–Crippen LogP) is 4.51. The first-order valence-electron chi connectivity index (χ1n) is 9.47. The molecule has 1 amide bonds. The molecule has 1 aromatic heterocycles. The highest BCUT2D eigenvalue weighted by molar-refractivity contribution is 5.94. The second-order valence-electron chi connectivity index (χ2n) is 7.43. The molecule has 28 heavy (non-hydrogen) atoms. The lowest BCUT2D eigenvalue weighted by Gasteiger charge is -2.31. The molecule has 0 N–H and O–H groups in total. The number of amides is 1. The highest BCUT2D eigenvalue weighted by Crippen LogP contribution is 2.28. The average molecular weight is 379 g/mol. The second-order valence-corrected chi connectivity index (χ2v) is 7.43. The molecule has 144 valence electrons. The fourth-order valence-electron chi connectivity index (χ4n) is 3.79. The molecule has 1 atom stereocenters. The van der Waals surface area contributed by atoms with Crippen molar-refractivity contribution in [3.05, 3.63) is 70.9 Å². The summed E-state index contributed by atoms with van der Waals surface area (Å²) in [5.41, 5.74) is 3.44. The summed E-state index contributed by atoms with van der Waals surface area (Å²) >= 11 is 0. The van der Waals surface area contributed by atoms with Crippen LogP contribution in [0.2, 0.25) is 0 Å². The molecule has 1 fully saturated rings. The van der Waals surface area contributed by atoms with Gasteiger partial charge in [-0.15, -0.1) is 0 Å². The number of benzene rings is 2. The van der Waals surface area contributed by atoms with Crippen LogP contribution in [0.1, 0.15) is 46.1 Å². The van der Waals surface area contributed by atoms with Gasteiger partial charge in [0.2, 0.25) is 11.7 Å². The summed E-state index contributed by atoms with van der Waals surface area (Å²) in [5, 5.41) is 4.00. The molecule has 1 aliphatic rings. The van der Waals surface area contributed by atoms with E-state index in [0.717, 1.165) is 24.0 Å². The summed E-state index contributed by atoms with van der Waals surface area (Å²) in [7, 11) is 0. The zero-order valence-corrected chi connectivity index (χ0v) is 16.0. The van der Waals surface area contributed by atoms with Crippen molar-refractivity contribution < 1.29 is 13.7 Å². The van der Waals surface area contributed by atoms with Gasteiger partial charge in [-0.3, -0.25) is 4.79 Å². The van der Waals surface area contributed by atoms with Crippen LogP contribution >= 0.6 is 0 Å². The lowest BCUT2D eigenvalue weighted by Crippen LogP contribution is -2.39. The molecule has 0 spiro atoms. The number of carbonyl (C=O) groups excluding carboxylic acids is 1. The standard InChI is InChI=1S/C22H22FN3O2/c1-14-9-15(2)11-18(10-14)22(27)26-8-4-6-17(13-26)21-24-20(25-28-21)16-5-3-7-19(23)12-16/h3,5,7,9-12,17H,4,6,8,13H2,1-2H3. The minimum atomic E-state index is -0.341. The third-order valence-corrected chi connectivity index (χ3v) is 5.05. The first kappa shape index (κ1) is 18.3. The number of carbonyl (C=O) groups is 1. The van der Waals surface area contributed by atoms with E-state index in [1.165, 1.54) is 12.1 Å². The Hall–Kier alpha value is -3.02. The molecule has 3 aromatic rings. The number of piperidine rings is 1. The van der Waals surface area contributed by atoms with Crippen molar-refractivity contribution in [2.24, 2.45) is 0 Å². The smallest absolute Gasteiger partial charge is 0.253 e. The second kappa shape index (κ2) is 7.54. The molecule has 0 bridgehead atoms. The highest BCUT2D eigenvalue weighted by Gasteiger charge is 2.29. The number of halogens is 1. The Morgan fingerprint density at radius 1 is 1.18 bits per heavy atom. The van der Waals surface area contributed by atoms with Gasteiger partial charge in [0.25, 0.3) is 5.91 Å². The molecular formula is C22H22FN3O2. The summed E-state index contributed by atoms with van der Waals surface area (Å²) in [6.07, 6.45) is 1.75. The molecule has 0 saturated carbocycles. The molecule has 5 nitrogen and oxygen atoms in total. The van der Waals surface area contributed by atoms with Crippen molar-refractivity contribution in [1.82, 2.24) is 15.0 Å². The Morgan fingerprint density at radius 2 is 1.96 bits per heavy atom. The summed E-state index contributed by atoms with van der Waals surface area (Å²) in [6, 6.07) is 12.0. The molecule has 1 saturated heterocycles. The Balaban J connectivity index is 1.52. The van der Waals surface area contributed by atoms with Crippen LogP contribution in [-0.4, -0.2) is 34.0 Å². The summed E-state index contributed by atoms with van der Waals surface area (Å²) < 4.78 is 18.9. The van der Waals surface area contributed by atoms with E-state index in [4.69, 9.17) is 4.52 Å². The largest absolute Gasteiger partial charge is 0.339 e. The maximum absolute atomic E-state index is 13.4. The maximum Gasteiger partial charge on any atom is 0.253 e. The molecule has 4 rings (SSSR count). The summed E-state index contributed by atoms with van der Waals surface area (Å²) in [6.45, 7) is 5.24. The van der Waals surface area contributed by atoms with E-state index in [1.807, 2.05) is 30.9 Å². The SMILES string of the molecule is Cc1cc(C)cc(C(=O)N2CCCC(c3nc(-c4cccc(F)c4)no3)C2)c1. The van der Waals surface area contributed by atoms with Gasteiger partial charge in [-0.2, -0.15) is 4.98 Å². The van der Waals surface area contributed by atoms with Crippen LogP contribution in [0.3, 0.4) is 0 Å². The lowest BCUT2D eigenvalue weighted by molar-refractivity contribution is 0.0695. The molecule has 6 heteroatoms. The molecule has 2 aromatic carbocycles. The quantitative estimate of drug-likeness (QED) is 0.672. The molecule has 1 unspecified atom stereocenters. The van der Waals surface area contributed by atoms with Crippen LogP contribution < -0.4 is 0 Å². The van der Waals surface area contributed by atoms with Gasteiger partial charge in [-0.05, 0) is 51.0 Å². The predicted molar refractivity (Wildman–Crippen MR) is 103 cm³/mol. The van der Waals surface area contributed by atoms with Gasteiger partial charge in [0.1, 0.15) is 5.82 Å². The zero-order chi connectivity index (χ0) is 19.7. The first-order chi connectivity index (χ1) is 13.5. The highest BCUT2D eigenvalue weighted by atomic mass is 19.1. The number of hydrogen-bond acceptors (Lipinski definition) is 4. The van der Waals surface area contributed by atoms with Gasteiger partial charge in [-0.25, -0.2) is 4.39 Å². The van der Waals surface area contributed by atoms with Gasteiger partial charge in [-0.1, -0.05) is 34.5 Å². The molecule has 1 aliphatic heterocycles. The van der Waals surface area contributed by atoms with E-state index in [0.29, 0.717) is 35.9 Å². The zero-order valence-electron chi connectivity index (χ0n) is 16.0. The number of likely N-dealkylation sites (tertiary alicyclic amines) is 1. The number of nitrogens with zero attached hydrogens (tertiary/aromatic N) is 3. The molecule has 2 heterocycles. The van der Waals surface area contributed by atoms with Gasteiger partial charge >= 0.3 is 0 Å². The van der Waals surface area contributed by atoms with Gasteiger partial charge in [0.05, 0.1) is 5.92 Å². The lowest BCUT2D eigenvalue weighted by atomic mass is 9.96. The van der Waals surface area contributed by atoms with E-state index in [1.54, 1.807) is 12.1 Å². The van der Waals surface area contributed by atoms with Gasteiger partial charge in [0, 0.05) is 24.2 Å². The average Bonchev–Trinajstić information content (AvgIpc) is 3.17. The fourth-order valence-corrected chi connectivity index (χ4v) is 3.79. The number of hydrogen-bond donors (Lipinski definition) is 0. The van der Waals surface area contributed by atoms with Crippen LogP contribution in [0.15, 0.2) is 47.0 Å². The maximum atomic E-state index is 13.4. The van der Waals surface area contributed by atoms with E-state index in [9.17, 15) is 9.18 Å². The Kier molecular flexibility index (Phi) is 4.94. The van der Waals surface area contributed by atoms with Crippen LogP contribution in [-0.2, 0) is 0 Å². The van der Waals surface area contributed by atoms with E-state index >= 15 is 0 Å². The fraction of sp³-hybridized carbons (Fsp3) is 0.318. The number of aryl methyl sites for hydroxylation is 2. The van der Waals surface area contributed by atoms with Crippen molar-refractivity contribution in [1.29, 1.82) is 0 Å². The van der Waals surface area contributed by atoms with Crippen LogP contribution in [0.25, 0.3) is 11.4 Å². The van der Waals surface area contributed by atoms with Crippen LogP contribution in [0, 0.1) is 19.7 Å². The Labute approximate surface area is 163 Å². The summed E-state index contributed by atoms with van der Waals surface area (Å²) in [4.78, 5) is 19.3. The van der Waals surface area contributed by atoms with Gasteiger partial charge < -0.3 is 9.42 Å². The van der Waals surface area contributed by atoms with Crippen molar-refractivity contribution in [2.45, 2.75) is 32.6 Å². The minimum absolute atomic E-state index is 0.0154. The first-order valence-corrected chi connectivity index (χ1v) is 9.47. The minimum Gasteiger partial charge on any atom is -0.339 e. The Morgan fingerprint density at radius 3 is 2.71 bits per heavy atom. The third kappa shape index (κ3) is 3.81. The van der Waals surface area contributed by atoms with E-state index in [-0.39, 0.29) is 17.6 Å². The Bertz CT molecular complexity index is 994. The number of aromatic nitrogens is 2. The topological polar surface area (TPSA) is 59.2 Å². The van der Waals surface area contributed by atoms with Crippen LogP contribution in [0.5, 0.6) is 0 Å². The third-order valence-electron chi connectivity index (χ3n) is 5.05.